The van der Waals surface area contributed by atoms with E-state index in [2.05, 4.69) is 15.5 Å². The largest absolute Gasteiger partial charge is 0.363 e. The number of hydrogen-bond acceptors (Lipinski definition) is 3. The van der Waals surface area contributed by atoms with Gasteiger partial charge < -0.3 is 5.32 Å². The Morgan fingerprint density at radius 3 is 2.50 bits per heavy atom. The highest BCUT2D eigenvalue weighted by Gasteiger charge is 2.03. The van der Waals surface area contributed by atoms with Gasteiger partial charge in [0.2, 0.25) is 0 Å². The zero-order chi connectivity index (χ0) is 10.8. The van der Waals surface area contributed by atoms with Crippen LogP contribution in [-0.2, 0) is 20.6 Å². The van der Waals surface area contributed by atoms with Crippen molar-refractivity contribution >= 4 is 18.2 Å². The molecule has 0 atom stereocenters. The first kappa shape index (κ1) is 12.6. The third-order valence-electron chi connectivity index (χ3n) is 2.22. The minimum absolute atomic E-state index is 0. The molecule has 88 valence electrons. The van der Waals surface area contributed by atoms with E-state index < -0.39 is 0 Å². The quantitative estimate of drug-likeness (QED) is 0.886. The third-order valence-corrected chi connectivity index (χ3v) is 2.22. The fourth-order valence-corrected chi connectivity index (χ4v) is 1.51. The normalized spacial score (nSPS) is 9.94. The molecule has 0 aliphatic heterocycles. The van der Waals surface area contributed by atoms with Gasteiger partial charge in [-0.05, 0) is 13.0 Å². The minimum atomic E-state index is 0. The van der Waals surface area contributed by atoms with Crippen LogP contribution in [-0.4, -0.2) is 19.6 Å². The van der Waals surface area contributed by atoms with E-state index in [-0.39, 0.29) is 12.4 Å². The van der Waals surface area contributed by atoms with Crippen LogP contribution in [0, 0.1) is 6.92 Å². The van der Waals surface area contributed by atoms with Crippen LogP contribution in [0.1, 0.15) is 11.3 Å². The highest BCUT2D eigenvalue weighted by atomic mass is 35.5. The molecule has 0 saturated heterocycles. The molecule has 2 aromatic rings. The number of nitrogens with zero attached hydrogens (tertiary/aromatic N) is 4. The Kier molecular flexibility index (Phi) is 3.95. The molecule has 5 nitrogen and oxygen atoms in total. The Labute approximate surface area is 101 Å². The van der Waals surface area contributed by atoms with Crippen LogP contribution in [0.2, 0.25) is 0 Å². The van der Waals surface area contributed by atoms with Crippen LogP contribution in [0.15, 0.2) is 18.5 Å². The molecule has 0 aliphatic carbocycles. The number of rotatable bonds is 3. The van der Waals surface area contributed by atoms with E-state index in [1.807, 2.05) is 39.5 Å². The number of halogens is 1. The van der Waals surface area contributed by atoms with Gasteiger partial charge in [-0.2, -0.15) is 10.2 Å². The molecule has 16 heavy (non-hydrogen) atoms. The molecule has 0 fully saturated rings. The lowest BCUT2D eigenvalue weighted by Gasteiger charge is -2.00. The monoisotopic (exact) mass is 241 g/mol. The highest BCUT2D eigenvalue weighted by molar-refractivity contribution is 5.85. The smallest absolute Gasteiger partial charge is 0.151 e. The maximum absolute atomic E-state index is 4.30. The first-order chi connectivity index (χ1) is 7.15. The number of aromatic nitrogens is 4. The van der Waals surface area contributed by atoms with Crippen LogP contribution in [0.3, 0.4) is 0 Å². The molecule has 2 heterocycles. The van der Waals surface area contributed by atoms with Crippen molar-refractivity contribution in [2.45, 2.75) is 13.5 Å². The van der Waals surface area contributed by atoms with Crippen molar-refractivity contribution < 1.29 is 0 Å². The average Bonchev–Trinajstić information content (AvgIpc) is 2.70. The third kappa shape index (κ3) is 2.76. The Morgan fingerprint density at radius 2 is 2.00 bits per heavy atom. The SMILES string of the molecule is Cc1cn(C)nc1NCc1ccn(C)n1.Cl. The molecule has 1 N–H and O–H groups in total. The van der Waals surface area contributed by atoms with E-state index in [4.69, 9.17) is 0 Å². The van der Waals surface area contributed by atoms with Crippen molar-refractivity contribution in [1.82, 2.24) is 19.6 Å². The molecule has 0 saturated carbocycles. The van der Waals surface area contributed by atoms with E-state index in [0.29, 0.717) is 6.54 Å². The van der Waals surface area contributed by atoms with E-state index in [0.717, 1.165) is 17.1 Å². The predicted molar refractivity (Wildman–Crippen MR) is 65.7 cm³/mol. The Bertz CT molecular complexity index is 459. The first-order valence-corrected chi connectivity index (χ1v) is 4.88. The molecule has 0 bridgehead atoms. The van der Waals surface area contributed by atoms with Gasteiger partial charge in [0.05, 0.1) is 12.2 Å². The van der Waals surface area contributed by atoms with Gasteiger partial charge in [0.1, 0.15) is 0 Å². The maximum atomic E-state index is 4.30. The van der Waals surface area contributed by atoms with Crippen molar-refractivity contribution in [2.24, 2.45) is 14.1 Å². The second-order valence-electron chi connectivity index (χ2n) is 3.67. The molecule has 0 unspecified atom stereocenters. The molecular formula is C10H16ClN5. The minimum Gasteiger partial charge on any atom is -0.363 e. The van der Waals surface area contributed by atoms with Gasteiger partial charge in [0.15, 0.2) is 5.82 Å². The molecule has 0 aromatic carbocycles. The van der Waals surface area contributed by atoms with Gasteiger partial charge in [-0.3, -0.25) is 9.36 Å². The number of aryl methyl sites for hydroxylation is 3. The summed E-state index contributed by atoms with van der Waals surface area (Å²) in [5.41, 5.74) is 2.16. The van der Waals surface area contributed by atoms with Gasteiger partial charge in [0, 0.05) is 32.1 Å². The molecule has 0 aliphatic rings. The fraction of sp³-hybridized carbons (Fsp3) is 0.400. The topological polar surface area (TPSA) is 47.7 Å². The molecule has 0 spiro atoms. The number of hydrogen-bond donors (Lipinski definition) is 1. The average molecular weight is 242 g/mol. The van der Waals surface area contributed by atoms with E-state index in [1.54, 1.807) is 9.36 Å². The van der Waals surface area contributed by atoms with Crippen molar-refractivity contribution in [3.05, 3.63) is 29.7 Å². The summed E-state index contributed by atoms with van der Waals surface area (Å²) in [7, 11) is 3.83. The van der Waals surface area contributed by atoms with Crippen LogP contribution >= 0.6 is 12.4 Å². The number of anilines is 1. The summed E-state index contributed by atoms with van der Waals surface area (Å²) >= 11 is 0. The van der Waals surface area contributed by atoms with Crippen molar-refractivity contribution in [3.63, 3.8) is 0 Å². The molecule has 0 radical (unpaired) electrons. The zero-order valence-electron chi connectivity index (χ0n) is 9.64. The first-order valence-electron chi connectivity index (χ1n) is 4.88. The maximum Gasteiger partial charge on any atom is 0.151 e. The molecule has 2 aromatic heterocycles. The number of nitrogens with one attached hydrogen (secondary N) is 1. The summed E-state index contributed by atoms with van der Waals surface area (Å²) in [6, 6.07) is 1.99. The molecule has 0 amide bonds. The summed E-state index contributed by atoms with van der Waals surface area (Å²) in [6.07, 6.45) is 3.92. The molecule has 6 heteroatoms. The Morgan fingerprint density at radius 1 is 1.25 bits per heavy atom. The second-order valence-corrected chi connectivity index (χ2v) is 3.67. The van der Waals surface area contributed by atoms with Gasteiger partial charge in [-0.1, -0.05) is 0 Å². The lowest BCUT2D eigenvalue weighted by Crippen LogP contribution is -2.03. The fourth-order valence-electron chi connectivity index (χ4n) is 1.51. The summed E-state index contributed by atoms with van der Waals surface area (Å²) in [4.78, 5) is 0. The Hall–Kier alpha value is -1.49. The Balaban J connectivity index is 0.00000128. The van der Waals surface area contributed by atoms with Crippen molar-refractivity contribution in [1.29, 1.82) is 0 Å². The van der Waals surface area contributed by atoms with Gasteiger partial charge in [-0.15, -0.1) is 12.4 Å². The standard InChI is InChI=1S/C10H15N5.ClH/c1-8-7-15(3)13-10(8)11-6-9-4-5-14(2)12-9;/h4-5,7H,6H2,1-3H3,(H,11,13);1H. The molecule has 2 rings (SSSR count). The van der Waals surface area contributed by atoms with Crippen LogP contribution < -0.4 is 5.32 Å². The van der Waals surface area contributed by atoms with Gasteiger partial charge in [-0.25, -0.2) is 0 Å². The van der Waals surface area contributed by atoms with Crippen molar-refractivity contribution in [3.8, 4) is 0 Å². The zero-order valence-corrected chi connectivity index (χ0v) is 10.5. The van der Waals surface area contributed by atoms with E-state index in [1.165, 1.54) is 0 Å². The van der Waals surface area contributed by atoms with Gasteiger partial charge in [0.25, 0.3) is 0 Å². The van der Waals surface area contributed by atoms with Crippen LogP contribution in [0.4, 0.5) is 5.82 Å². The molecular weight excluding hydrogens is 226 g/mol. The lowest BCUT2D eigenvalue weighted by atomic mass is 10.3. The van der Waals surface area contributed by atoms with Crippen molar-refractivity contribution in [2.75, 3.05) is 5.32 Å². The summed E-state index contributed by atoms with van der Waals surface area (Å²) in [5.74, 6) is 0.920. The summed E-state index contributed by atoms with van der Waals surface area (Å²) in [6.45, 7) is 2.74. The van der Waals surface area contributed by atoms with E-state index >= 15 is 0 Å². The van der Waals surface area contributed by atoms with E-state index in [9.17, 15) is 0 Å². The van der Waals surface area contributed by atoms with Gasteiger partial charge >= 0.3 is 0 Å². The van der Waals surface area contributed by atoms with Crippen LogP contribution in [0.25, 0.3) is 0 Å². The summed E-state index contributed by atoms with van der Waals surface area (Å²) < 4.78 is 3.60. The summed E-state index contributed by atoms with van der Waals surface area (Å²) in [5, 5.41) is 11.8. The van der Waals surface area contributed by atoms with Crippen LogP contribution in [0.5, 0.6) is 0 Å². The predicted octanol–water partition coefficient (Wildman–Crippen LogP) is 1.50. The second kappa shape index (κ2) is 5.03. The lowest BCUT2D eigenvalue weighted by molar-refractivity contribution is 0.743. The highest BCUT2D eigenvalue weighted by Crippen LogP contribution is 2.11.